The predicted molar refractivity (Wildman–Crippen MR) is 57.7 cm³/mol. The molecule has 84 valence electrons. The van der Waals surface area contributed by atoms with Crippen LogP contribution < -0.4 is 0 Å². The van der Waals surface area contributed by atoms with Crippen LogP contribution in [0.4, 0.5) is 0 Å². The van der Waals surface area contributed by atoms with Gasteiger partial charge in [-0.15, -0.1) is 0 Å². The monoisotopic (exact) mass is 210 g/mol. The van der Waals surface area contributed by atoms with Crippen LogP contribution in [-0.2, 0) is 18.2 Å². The zero-order chi connectivity index (χ0) is 11.4. The number of carbonyl (C=O) groups is 1. The fraction of sp³-hybridized carbons (Fsp3) is 0.636. The summed E-state index contributed by atoms with van der Waals surface area (Å²) in [5.74, 6) is 0.207. The molecule has 4 heteroatoms. The number of esters is 1. The Morgan fingerprint density at radius 3 is 2.80 bits per heavy atom. The quantitative estimate of drug-likeness (QED) is 0.712. The summed E-state index contributed by atoms with van der Waals surface area (Å²) in [6, 6.07) is 1.80. The van der Waals surface area contributed by atoms with E-state index in [0.29, 0.717) is 18.2 Å². The van der Waals surface area contributed by atoms with Gasteiger partial charge in [-0.1, -0.05) is 13.8 Å². The summed E-state index contributed by atoms with van der Waals surface area (Å²) in [5.41, 5.74) is 1.46. The van der Waals surface area contributed by atoms with Gasteiger partial charge in [0.25, 0.3) is 0 Å². The molecule has 0 amide bonds. The lowest BCUT2D eigenvalue weighted by Crippen LogP contribution is -2.06. The van der Waals surface area contributed by atoms with Gasteiger partial charge in [-0.05, 0) is 25.3 Å². The zero-order valence-electron chi connectivity index (χ0n) is 9.78. The standard InChI is InChI=1S/C11H18N2O2/c1-5-15-11(14)10-7-9(6-8(2)3)13(4)12-10/h7-8H,5-6H2,1-4H3. The number of nitrogens with zero attached hydrogens (tertiary/aromatic N) is 2. The van der Waals surface area contributed by atoms with Crippen LogP contribution in [0, 0.1) is 5.92 Å². The van der Waals surface area contributed by atoms with Gasteiger partial charge in [0, 0.05) is 12.7 Å². The summed E-state index contributed by atoms with van der Waals surface area (Å²) in [5, 5.41) is 4.12. The molecule has 0 atom stereocenters. The van der Waals surface area contributed by atoms with Crippen molar-refractivity contribution >= 4 is 5.97 Å². The van der Waals surface area contributed by atoms with Gasteiger partial charge in [0.2, 0.25) is 0 Å². The SMILES string of the molecule is CCOC(=O)c1cc(CC(C)C)n(C)n1. The minimum absolute atomic E-state index is 0.344. The normalized spacial score (nSPS) is 10.7. The average Bonchev–Trinajstić information content (AvgIpc) is 2.47. The van der Waals surface area contributed by atoms with E-state index >= 15 is 0 Å². The Hall–Kier alpha value is -1.32. The summed E-state index contributed by atoms with van der Waals surface area (Å²) in [6.07, 6.45) is 0.920. The molecule has 0 aliphatic heterocycles. The molecule has 0 N–H and O–H groups in total. The molecule has 1 rings (SSSR count). The first-order valence-corrected chi connectivity index (χ1v) is 5.24. The Morgan fingerprint density at radius 2 is 2.27 bits per heavy atom. The van der Waals surface area contributed by atoms with Crippen LogP contribution in [0.1, 0.15) is 37.0 Å². The molecule has 0 spiro atoms. The van der Waals surface area contributed by atoms with Crippen molar-refractivity contribution in [3.8, 4) is 0 Å². The number of hydrogen-bond donors (Lipinski definition) is 0. The Balaban J connectivity index is 2.80. The summed E-state index contributed by atoms with van der Waals surface area (Å²) in [6.45, 7) is 6.44. The van der Waals surface area contributed by atoms with Gasteiger partial charge in [-0.3, -0.25) is 4.68 Å². The van der Waals surface area contributed by atoms with Crippen LogP contribution in [-0.4, -0.2) is 22.4 Å². The van der Waals surface area contributed by atoms with Crippen molar-refractivity contribution in [2.75, 3.05) is 6.61 Å². The Morgan fingerprint density at radius 1 is 1.60 bits per heavy atom. The van der Waals surface area contributed by atoms with Crippen molar-refractivity contribution in [2.24, 2.45) is 13.0 Å². The number of ether oxygens (including phenoxy) is 1. The highest BCUT2D eigenvalue weighted by Gasteiger charge is 2.13. The average molecular weight is 210 g/mol. The molecule has 1 aromatic heterocycles. The third-order valence-electron chi connectivity index (χ3n) is 2.08. The number of hydrogen-bond acceptors (Lipinski definition) is 3. The number of rotatable bonds is 4. The maximum Gasteiger partial charge on any atom is 0.358 e. The van der Waals surface area contributed by atoms with Gasteiger partial charge >= 0.3 is 5.97 Å². The minimum Gasteiger partial charge on any atom is -0.461 e. The van der Waals surface area contributed by atoms with E-state index in [2.05, 4.69) is 18.9 Å². The van der Waals surface area contributed by atoms with Gasteiger partial charge in [0.05, 0.1) is 6.61 Å². The van der Waals surface area contributed by atoms with Crippen LogP contribution >= 0.6 is 0 Å². The third kappa shape index (κ3) is 3.08. The molecule has 0 radical (unpaired) electrons. The third-order valence-corrected chi connectivity index (χ3v) is 2.08. The summed E-state index contributed by atoms with van der Waals surface area (Å²) in [4.78, 5) is 11.4. The first-order chi connectivity index (χ1) is 7.04. The second-order valence-electron chi connectivity index (χ2n) is 3.96. The Labute approximate surface area is 90.2 Å². The maximum atomic E-state index is 11.4. The van der Waals surface area contributed by atoms with Crippen LogP contribution in [0.3, 0.4) is 0 Å². The molecule has 1 heterocycles. The zero-order valence-corrected chi connectivity index (χ0v) is 9.78. The Bertz CT molecular complexity index is 342. The van der Waals surface area contributed by atoms with Crippen molar-refractivity contribution < 1.29 is 9.53 Å². The molecule has 0 bridgehead atoms. The lowest BCUT2D eigenvalue weighted by Gasteiger charge is -2.03. The molecule has 0 saturated heterocycles. The van der Waals surface area contributed by atoms with Crippen LogP contribution in [0.15, 0.2) is 6.07 Å². The second-order valence-corrected chi connectivity index (χ2v) is 3.96. The largest absolute Gasteiger partial charge is 0.461 e. The molecular weight excluding hydrogens is 192 g/mol. The van der Waals surface area contributed by atoms with E-state index in [1.54, 1.807) is 17.7 Å². The molecule has 0 unspecified atom stereocenters. The molecule has 0 fully saturated rings. The van der Waals surface area contributed by atoms with E-state index in [0.717, 1.165) is 12.1 Å². The molecular formula is C11H18N2O2. The van der Waals surface area contributed by atoms with E-state index in [9.17, 15) is 4.79 Å². The van der Waals surface area contributed by atoms with Crippen molar-refractivity contribution in [1.29, 1.82) is 0 Å². The molecule has 15 heavy (non-hydrogen) atoms. The van der Waals surface area contributed by atoms with E-state index in [1.165, 1.54) is 0 Å². The lowest BCUT2D eigenvalue weighted by atomic mass is 10.1. The van der Waals surface area contributed by atoms with Crippen molar-refractivity contribution in [2.45, 2.75) is 27.2 Å². The van der Waals surface area contributed by atoms with Gasteiger partial charge in [-0.25, -0.2) is 4.79 Å². The lowest BCUT2D eigenvalue weighted by molar-refractivity contribution is 0.0518. The van der Waals surface area contributed by atoms with Gasteiger partial charge in [0.1, 0.15) is 0 Å². The summed E-state index contributed by atoms with van der Waals surface area (Å²) < 4.78 is 6.63. The topological polar surface area (TPSA) is 44.1 Å². The fourth-order valence-electron chi connectivity index (χ4n) is 1.42. The molecule has 0 aliphatic rings. The van der Waals surface area contributed by atoms with Crippen molar-refractivity contribution in [1.82, 2.24) is 9.78 Å². The first-order valence-electron chi connectivity index (χ1n) is 5.24. The smallest absolute Gasteiger partial charge is 0.358 e. The predicted octanol–water partition coefficient (Wildman–Crippen LogP) is 1.80. The van der Waals surface area contributed by atoms with Crippen LogP contribution in [0.2, 0.25) is 0 Å². The molecule has 4 nitrogen and oxygen atoms in total. The summed E-state index contributed by atoms with van der Waals surface area (Å²) in [7, 11) is 1.85. The maximum absolute atomic E-state index is 11.4. The first kappa shape index (κ1) is 11.8. The van der Waals surface area contributed by atoms with Gasteiger partial charge in [0.15, 0.2) is 5.69 Å². The fourth-order valence-corrected chi connectivity index (χ4v) is 1.42. The van der Waals surface area contributed by atoms with E-state index in [4.69, 9.17) is 4.74 Å². The molecule has 1 aromatic rings. The highest BCUT2D eigenvalue weighted by Crippen LogP contribution is 2.10. The minimum atomic E-state index is -0.344. The van der Waals surface area contributed by atoms with E-state index in [1.807, 2.05) is 7.05 Å². The van der Waals surface area contributed by atoms with E-state index < -0.39 is 0 Å². The highest BCUT2D eigenvalue weighted by molar-refractivity contribution is 5.87. The molecule has 0 aromatic carbocycles. The number of aryl methyl sites for hydroxylation is 1. The number of aromatic nitrogens is 2. The Kier molecular flexibility index (Phi) is 3.88. The van der Waals surface area contributed by atoms with Crippen LogP contribution in [0.5, 0.6) is 0 Å². The van der Waals surface area contributed by atoms with Gasteiger partial charge in [-0.2, -0.15) is 5.10 Å². The summed E-state index contributed by atoms with van der Waals surface area (Å²) >= 11 is 0. The van der Waals surface area contributed by atoms with E-state index in [-0.39, 0.29) is 5.97 Å². The van der Waals surface area contributed by atoms with Crippen LogP contribution in [0.25, 0.3) is 0 Å². The van der Waals surface area contributed by atoms with Crippen molar-refractivity contribution in [3.63, 3.8) is 0 Å². The second kappa shape index (κ2) is 4.96. The highest BCUT2D eigenvalue weighted by atomic mass is 16.5. The van der Waals surface area contributed by atoms with Gasteiger partial charge < -0.3 is 4.74 Å². The number of carbonyl (C=O) groups excluding carboxylic acids is 1. The molecule has 0 aliphatic carbocycles. The molecule has 0 saturated carbocycles. The van der Waals surface area contributed by atoms with Crippen molar-refractivity contribution in [3.05, 3.63) is 17.5 Å².